The molecule has 3 rings (SSSR count). The van der Waals surface area contributed by atoms with Crippen molar-refractivity contribution in [1.29, 1.82) is 0 Å². The predicted molar refractivity (Wildman–Crippen MR) is 111 cm³/mol. The van der Waals surface area contributed by atoms with Gasteiger partial charge in [-0.15, -0.1) is 0 Å². The largest absolute Gasteiger partial charge is 0.322 e. The highest BCUT2D eigenvalue weighted by Crippen LogP contribution is 2.25. The number of benzene rings is 2. The number of carbonyl (C=O) groups is 1. The van der Waals surface area contributed by atoms with Gasteiger partial charge in [-0.25, -0.2) is 13.1 Å². The molecule has 0 fully saturated rings. The fraction of sp³-hybridized carbons (Fsp3) is 0.158. The molecule has 9 heteroatoms. The summed E-state index contributed by atoms with van der Waals surface area (Å²) >= 11 is 6.00. The summed E-state index contributed by atoms with van der Waals surface area (Å²) in [5.41, 5.74) is 3.70. The summed E-state index contributed by atoms with van der Waals surface area (Å²) in [7, 11) is -3.52. The van der Waals surface area contributed by atoms with E-state index in [0.29, 0.717) is 5.69 Å². The Hall–Kier alpha value is -2.84. The molecule has 0 saturated heterocycles. The van der Waals surface area contributed by atoms with Crippen LogP contribution in [0.2, 0.25) is 5.02 Å². The number of carbonyl (C=O) groups excluding carboxylic acids is 1. The number of anilines is 2. The second kappa shape index (κ2) is 7.65. The fourth-order valence-corrected chi connectivity index (χ4v) is 3.54. The van der Waals surface area contributed by atoms with Gasteiger partial charge in [0.1, 0.15) is 0 Å². The van der Waals surface area contributed by atoms with Crippen molar-refractivity contribution in [3.8, 4) is 5.69 Å². The van der Waals surface area contributed by atoms with Gasteiger partial charge in [0.05, 0.1) is 28.3 Å². The Bertz CT molecular complexity index is 1160. The van der Waals surface area contributed by atoms with Gasteiger partial charge in [-0.3, -0.25) is 9.52 Å². The topological polar surface area (TPSA) is 93.1 Å². The van der Waals surface area contributed by atoms with Gasteiger partial charge in [-0.05, 0) is 56.3 Å². The molecule has 0 radical (unpaired) electrons. The summed E-state index contributed by atoms with van der Waals surface area (Å²) < 4.78 is 27.0. The zero-order valence-corrected chi connectivity index (χ0v) is 17.1. The molecule has 146 valence electrons. The minimum absolute atomic E-state index is 0.146. The summed E-state index contributed by atoms with van der Waals surface area (Å²) in [6.45, 7) is 3.87. The summed E-state index contributed by atoms with van der Waals surface area (Å²) in [6.07, 6.45) is 1.01. The molecule has 0 spiro atoms. The standard InChI is InChI=1S/C19H19ClN4O3S/c1-12-9-13(2)24(22-12)16-6-4-5-15(11-16)21-19(25)14-7-8-17(20)18(10-14)23-28(3,26)27/h4-11,23H,1-3H3,(H,21,25). The van der Waals surface area contributed by atoms with E-state index in [1.165, 1.54) is 18.2 Å². The maximum Gasteiger partial charge on any atom is 0.255 e. The predicted octanol–water partition coefficient (Wildman–Crippen LogP) is 3.77. The monoisotopic (exact) mass is 418 g/mol. The summed E-state index contributed by atoms with van der Waals surface area (Å²) in [4.78, 5) is 12.6. The SMILES string of the molecule is Cc1cc(C)n(-c2cccc(NC(=O)c3ccc(Cl)c(NS(C)(=O)=O)c3)c2)n1. The zero-order valence-electron chi connectivity index (χ0n) is 15.5. The number of nitrogens with zero attached hydrogens (tertiary/aromatic N) is 2. The van der Waals surface area contributed by atoms with Gasteiger partial charge in [-0.1, -0.05) is 17.7 Å². The Labute approximate surface area is 168 Å². The van der Waals surface area contributed by atoms with Gasteiger partial charge in [0, 0.05) is 16.9 Å². The van der Waals surface area contributed by atoms with Crippen LogP contribution in [-0.2, 0) is 10.0 Å². The number of hydrogen-bond donors (Lipinski definition) is 2. The highest BCUT2D eigenvalue weighted by atomic mass is 35.5. The summed E-state index contributed by atoms with van der Waals surface area (Å²) in [6, 6.07) is 13.6. The van der Waals surface area contributed by atoms with Gasteiger partial charge in [0.15, 0.2) is 0 Å². The number of nitrogens with one attached hydrogen (secondary N) is 2. The molecular formula is C19H19ClN4O3S. The Morgan fingerprint density at radius 1 is 1.11 bits per heavy atom. The van der Waals surface area contributed by atoms with Crippen LogP contribution in [0.5, 0.6) is 0 Å². The summed E-state index contributed by atoms with van der Waals surface area (Å²) in [5.74, 6) is -0.390. The van der Waals surface area contributed by atoms with Crippen molar-refractivity contribution < 1.29 is 13.2 Å². The molecule has 1 amide bonds. The third kappa shape index (κ3) is 4.71. The van der Waals surface area contributed by atoms with Crippen LogP contribution in [-0.4, -0.2) is 30.4 Å². The van der Waals surface area contributed by atoms with Crippen molar-refractivity contribution >= 4 is 38.9 Å². The lowest BCUT2D eigenvalue weighted by molar-refractivity contribution is 0.102. The maximum absolute atomic E-state index is 12.6. The minimum Gasteiger partial charge on any atom is -0.322 e. The highest BCUT2D eigenvalue weighted by Gasteiger charge is 2.13. The number of amides is 1. The number of aromatic nitrogens is 2. The maximum atomic E-state index is 12.6. The average molecular weight is 419 g/mol. The van der Waals surface area contributed by atoms with Gasteiger partial charge >= 0.3 is 0 Å². The Kier molecular flexibility index (Phi) is 5.44. The second-order valence-corrected chi connectivity index (χ2v) is 8.57. The molecule has 0 aliphatic carbocycles. The molecule has 0 unspecified atom stereocenters. The van der Waals surface area contributed by atoms with Crippen molar-refractivity contribution in [3.05, 3.63) is 70.5 Å². The molecule has 0 aliphatic rings. The average Bonchev–Trinajstić information content (AvgIpc) is 2.94. The smallest absolute Gasteiger partial charge is 0.255 e. The quantitative estimate of drug-likeness (QED) is 0.659. The van der Waals surface area contributed by atoms with Crippen molar-refractivity contribution in [2.24, 2.45) is 0 Å². The first kappa shape index (κ1) is 19.9. The lowest BCUT2D eigenvalue weighted by atomic mass is 10.2. The number of sulfonamides is 1. The molecule has 0 atom stereocenters. The highest BCUT2D eigenvalue weighted by molar-refractivity contribution is 7.92. The molecule has 0 saturated carbocycles. The Balaban J connectivity index is 1.85. The number of rotatable bonds is 5. The van der Waals surface area contributed by atoms with Crippen LogP contribution in [0.4, 0.5) is 11.4 Å². The van der Waals surface area contributed by atoms with E-state index in [9.17, 15) is 13.2 Å². The van der Waals surface area contributed by atoms with Crippen molar-refractivity contribution in [2.45, 2.75) is 13.8 Å². The normalized spacial score (nSPS) is 11.3. The molecule has 0 aliphatic heterocycles. The Morgan fingerprint density at radius 3 is 2.50 bits per heavy atom. The molecular weight excluding hydrogens is 400 g/mol. The molecule has 2 aromatic carbocycles. The number of halogens is 1. The van der Waals surface area contributed by atoms with Crippen molar-refractivity contribution in [3.63, 3.8) is 0 Å². The van der Waals surface area contributed by atoms with Crippen LogP contribution in [0, 0.1) is 13.8 Å². The molecule has 1 heterocycles. The van der Waals surface area contributed by atoms with E-state index < -0.39 is 15.9 Å². The van der Waals surface area contributed by atoms with E-state index in [1.807, 2.05) is 38.1 Å². The van der Waals surface area contributed by atoms with Gasteiger partial charge < -0.3 is 5.32 Å². The van der Waals surface area contributed by atoms with Crippen LogP contribution in [0.3, 0.4) is 0 Å². The van der Waals surface area contributed by atoms with Crippen LogP contribution in [0.25, 0.3) is 5.69 Å². The van der Waals surface area contributed by atoms with E-state index in [0.717, 1.165) is 23.3 Å². The molecule has 28 heavy (non-hydrogen) atoms. The van der Waals surface area contributed by atoms with E-state index in [2.05, 4.69) is 15.1 Å². The molecule has 0 bridgehead atoms. The van der Waals surface area contributed by atoms with E-state index in [4.69, 9.17) is 11.6 Å². The molecule has 2 N–H and O–H groups in total. The fourth-order valence-electron chi connectivity index (χ4n) is 2.75. The van der Waals surface area contributed by atoms with Crippen LogP contribution in [0.1, 0.15) is 21.7 Å². The van der Waals surface area contributed by atoms with Crippen LogP contribution < -0.4 is 10.0 Å². The van der Waals surface area contributed by atoms with E-state index in [-0.39, 0.29) is 16.3 Å². The number of aryl methyl sites for hydroxylation is 2. The lowest BCUT2D eigenvalue weighted by Crippen LogP contribution is -2.14. The lowest BCUT2D eigenvalue weighted by Gasteiger charge is -2.11. The first-order valence-corrected chi connectivity index (χ1v) is 10.6. The third-order valence-corrected chi connectivity index (χ3v) is 4.80. The van der Waals surface area contributed by atoms with E-state index in [1.54, 1.807) is 10.7 Å². The zero-order chi connectivity index (χ0) is 20.5. The first-order chi connectivity index (χ1) is 13.1. The number of hydrogen-bond acceptors (Lipinski definition) is 4. The van der Waals surface area contributed by atoms with Gasteiger partial charge in [0.25, 0.3) is 5.91 Å². The minimum atomic E-state index is -3.52. The molecule has 3 aromatic rings. The van der Waals surface area contributed by atoms with Crippen LogP contribution in [0.15, 0.2) is 48.5 Å². The van der Waals surface area contributed by atoms with Crippen molar-refractivity contribution in [1.82, 2.24) is 9.78 Å². The second-order valence-electron chi connectivity index (χ2n) is 6.41. The summed E-state index contributed by atoms with van der Waals surface area (Å²) in [5, 5.41) is 7.44. The van der Waals surface area contributed by atoms with Crippen LogP contribution >= 0.6 is 11.6 Å². The molecule has 7 nitrogen and oxygen atoms in total. The first-order valence-electron chi connectivity index (χ1n) is 8.35. The third-order valence-electron chi connectivity index (χ3n) is 3.88. The van der Waals surface area contributed by atoms with Crippen molar-refractivity contribution in [2.75, 3.05) is 16.3 Å². The van der Waals surface area contributed by atoms with Gasteiger partial charge in [-0.2, -0.15) is 5.10 Å². The molecule has 1 aromatic heterocycles. The Morgan fingerprint density at radius 2 is 1.86 bits per heavy atom. The van der Waals surface area contributed by atoms with E-state index >= 15 is 0 Å². The van der Waals surface area contributed by atoms with Gasteiger partial charge in [0.2, 0.25) is 10.0 Å².